The molecule has 2 rings (SSSR count). The molecule has 0 aromatic heterocycles. The molecule has 5 nitrogen and oxygen atoms in total. The zero-order valence-corrected chi connectivity index (χ0v) is 16.2. The minimum Gasteiger partial charge on any atom is -0.356 e. The van der Waals surface area contributed by atoms with Gasteiger partial charge in [0, 0.05) is 30.5 Å². The first-order valence-electron chi connectivity index (χ1n) is 8.16. The molecule has 1 saturated carbocycles. The summed E-state index contributed by atoms with van der Waals surface area (Å²) in [6.45, 7) is -0.891. The van der Waals surface area contributed by atoms with Crippen molar-refractivity contribution in [3.63, 3.8) is 0 Å². The van der Waals surface area contributed by atoms with Crippen LogP contribution in [0.5, 0.6) is 0 Å². The number of hydrogen-bond donors (Lipinski definition) is 2. The second kappa shape index (κ2) is 8.28. The minimum atomic E-state index is -4.41. The molecule has 1 fully saturated rings. The minimum absolute atomic E-state index is 0.0263. The molecule has 0 bridgehead atoms. The van der Waals surface area contributed by atoms with Crippen LogP contribution in [0.2, 0.25) is 0 Å². The molecule has 1 amide bonds. The van der Waals surface area contributed by atoms with Gasteiger partial charge >= 0.3 is 6.18 Å². The molecular formula is C17H22BrF3N4O. The van der Waals surface area contributed by atoms with E-state index in [1.807, 2.05) is 12.1 Å². The van der Waals surface area contributed by atoms with E-state index in [1.54, 1.807) is 7.05 Å². The van der Waals surface area contributed by atoms with E-state index in [0.29, 0.717) is 17.4 Å². The number of amides is 1. The Morgan fingerprint density at radius 3 is 2.58 bits per heavy atom. The maximum atomic E-state index is 12.3. The summed E-state index contributed by atoms with van der Waals surface area (Å²) >= 11 is 3.47. The molecule has 0 unspecified atom stereocenters. The molecule has 0 aliphatic heterocycles. The van der Waals surface area contributed by atoms with Crippen LogP contribution in [-0.2, 0) is 10.2 Å². The lowest BCUT2D eigenvalue weighted by molar-refractivity contribution is -0.157. The molecule has 0 saturated heterocycles. The highest BCUT2D eigenvalue weighted by Gasteiger charge is 2.44. The summed E-state index contributed by atoms with van der Waals surface area (Å²) in [7, 11) is 2.68. The van der Waals surface area contributed by atoms with Crippen molar-refractivity contribution in [1.82, 2.24) is 15.5 Å². The van der Waals surface area contributed by atoms with Gasteiger partial charge < -0.3 is 15.5 Å². The molecule has 9 heteroatoms. The van der Waals surface area contributed by atoms with Gasteiger partial charge in [0.05, 0.1) is 6.54 Å². The van der Waals surface area contributed by atoms with Crippen LogP contribution in [0, 0.1) is 0 Å². The van der Waals surface area contributed by atoms with Crippen LogP contribution in [0.15, 0.2) is 33.7 Å². The summed E-state index contributed by atoms with van der Waals surface area (Å²) < 4.78 is 38.0. The number of carbonyl (C=O) groups is 1. The number of alkyl halides is 3. The molecule has 0 heterocycles. The molecule has 2 N–H and O–H groups in total. The van der Waals surface area contributed by atoms with E-state index in [-0.39, 0.29) is 12.0 Å². The van der Waals surface area contributed by atoms with Crippen molar-refractivity contribution in [2.24, 2.45) is 4.99 Å². The van der Waals surface area contributed by atoms with Gasteiger partial charge in [-0.05, 0) is 30.5 Å². The van der Waals surface area contributed by atoms with Gasteiger partial charge in [0.1, 0.15) is 6.54 Å². The van der Waals surface area contributed by atoms with Gasteiger partial charge in [-0.2, -0.15) is 13.2 Å². The normalized spacial score (nSPS) is 16.2. The smallest absolute Gasteiger partial charge is 0.356 e. The Labute approximate surface area is 159 Å². The summed E-state index contributed by atoms with van der Waals surface area (Å²) in [6, 6.07) is 8.12. The molecule has 144 valence electrons. The molecule has 0 radical (unpaired) electrons. The van der Waals surface area contributed by atoms with Crippen LogP contribution >= 0.6 is 15.9 Å². The number of carbonyl (C=O) groups excluding carboxylic acids is 1. The average molecular weight is 435 g/mol. The number of nitrogens with one attached hydrogen (secondary N) is 2. The summed E-state index contributed by atoms with van der Waals surface area (Å²) in [5, 5.41) is 5.93. The van der Waals surface area contributed by atoms with Gasteiger partial charge in [-0.25, -0.2) is 0 Å². The summed E-state index contributed by atoms with van der Waals surface area (Å²) in [4.78, 5) is 16.5. The van der Waals surface area contributed by atoms with Crippen molar-refractivity contribution in [3.05, 3.63) is 34.3 Å². The largest absolute Gasteiger partial charge is 0.406 e. The molecule has 0 atom stereocenters. The van der Waals surface area contributed by atoms with Crippen molar-refractivity contribution in [1.29, 1.82) is 0 Å². The van der Waals surface area contributed by atoms with Crippen molar-refractivity contribution in [2.75, 3.05) is 33.7 Å². The second-order valence-corrected chi connectivity index (χ2v) is 7.35. The SMILES string of the molecule is CN=C(NCC(=O)N(C)CC(F)(F)F)NCC1(c2cccc(Br)c2)CC1. The third kappa shape index (κ3) is 5.89. The van der Waals surface area contributed by atoms with E-state index in [1.165, 1.54) is 5.56 Å². The highest BCUT2D eigenvalue weighted by molar-refractivity contribution is 9.10. The first kappa shape index (κ1) is 20.5. The van der Waals surface area contributed by atoms with Gasteiger partial charge in [0.2, 0.25) is 5.91 Å². The third-order valence-corrected chi connectivity index (χ3v) is 4.85. The topological polar surface area (TPSA) is 56.7 Å². The van der Waals surface area contributed by atoms with Crippen molar-refractivity contribution in [3.8, 4) is 0 Å². The maximum absolute atomic E-state index is 12.3. The van der Waals surface area contributed by atoms with E-state index >= 15 is 0 Å². The highest BCUT2D eigenvalue weighted by Crippen LogP contribution is 2.48. The van der Waals surface area contributed by atoms with Crippen LogP contribution in [-0.4, -0.2) is 56.7 Å². The molecule has 1 aliphatic carbocycles. The molecular weight excluding hydrogens is 413 g/mol. The standard InChI is InChI=1S/C17H22BrF3N4O/c1-22-15(23-9-14(26)25(2)11-17(19,20)21)24-10-16(6-7-16)12-4-3-5-13(18)8-12/h3-5,8H,6-7,9-11H2,1-2H3,(H2,22,23,24). The Hall–Kier alpha value is -1.77. The third-order valence-electron chi connectivity index (χ3n) is 4.36. The number of halogens is 4. The molecule has 0 spiro atoms. The Morgan fingerprint density at radius 1 is 1.35 bits per heavy atom. The van der Waals surface area contributed by atoms with Crippen molar-refractivity contribution in [2.45, 2.75) is 24.4 Å². The van der Waals surface area contributed by atoms with Gasteiger partial charge in [-0.1, -0.05) is 28.1 Å². The van der Waals surface area contributed by atoms with Crippen LogP contribution in [0.25, 0.3) is 0 Å². The summed E-state index contributed by atoms with van der Waals surface area (Å²) in [6.07, 6.45) is -2.33. The lowest BCUT2D eigenvalue weighted by atomic mass is 9.96. The van der Waals surface area contributed by atoms with Gasteiger partial charge in [-0.3, -0.25) is 9.79 Å². The Balaban J connectivity index is 1.84. The van der Waals surface area contributed by atoms with Gasteiger partial charge in [0.15, 0.2) is 5.96 Å². The fraction of sp³-hybridized carbons (Fsp3) is 0.529. The first-order valence-corrected chi connectivity index (χ1v) is 8.96. The number of likely N-dealkylation sites (N-methyl/N-ethyl adjacent to an activating group) is 1. The maximum Gasteiger partial charge on any atom is 0.406 e. The monoisotopic (exact) mass is 434 g/mol. The van der Waals surface area contributed by atoms with Crippen LogP contribution in [0.3, 0.4) is 0 Å². The number of aliphatic imine (C=N–C) groups is 1. The van der Waals surface area contributed by atoms with E-state index in [0.717, 1.165) is 24.4 Å². The number of hydrogen-bond acceptors (Lipinski definition) is 2. The highest BCUT2D eigenvalue weighted by atomic mass is 79.9. The van der Waals surface area contributed by atoms with E-state index in [2.05, 4.69) is 43.7 Å². The van der Waals surface area contributed by atoms with Crippen molar-refractivity contribution < 1.29 is 18.0 Å². The second-order valence-electron chi connectivity index (χ2n) is 6.43. The zero-order chi connectivity index (χ0) is 19.4. The predicted octanol–water partition coefficient (Wildman–Crippen LogP) is 2.67. The molecule has 1 aliphatic rings. The van der Waals surface area contributed by atoms with Crippen LogP contribution < -0.4 is 10.6 Å². The first-order chi connectivity index (χ1) is 12.1. The number of rotatable bonds is 6. The Bertz CT molecular complexity index is 674. The fourth-order valence-electron chi connectivity index (χ4n) is 2.66. The van der Waals surface area contributed by atoms with Crippen LogP contribution in [0.1, 0.15) is 18.4 Å². The molecule has 26 heavy (non-hydrogen) atoms. The Morgan fingerprint density at radius 2 is 2.04 bits per heavy atom. The predicted molar refractivity (Wildman–Crippen MR) is 98.1 cm³/mol. The zero-order valence-electron chi connectivity index (χ0n) is 14.7. The number of guanidine groups is 1. The van der Waals surface area contributed by atoms with Gasteiger partial charge in [-0.15, -0.1) is 0 Å². The summed E-state index contributed by atoms with van der Waals surface area (Å²) in [5.74, 6) is -0.265. The fourth-order valence-corrected chi connectivity index (χ4v) is 3.06. The quantitative estimate of drug-likeness (QED) is 0.534. The van der Waals surface area contributed by atoms with E-state index in [9.17, 15) is 18.0 Å². The number of benzene rings is 1. The van der Waals surface area contributed by atoms with Gasteiger partial charge in [0.25, 0.3) is 0 Å². The van der Waals surface area contributed by atoms with Crippen LogP contribution in [0.4, 0.5) is 13.2 Å². The van der Waals surface area contributed by atoms with Crippen molar-refractivity contribution >= 4 is 27.8 Å². The van der Waals surface area contributed by atoms with E-state index < -0.39 is 18.6 Å². The number of nitrogens with zero attached hydrogens (tertiary/aromatic N) is 2. The lowest BCUT2D eigenvalue weighted by Gasteiger charge is -2.21. The molecule has 1 aromatic rings. The molecule has 1 aromatic carbocycles. The summed E-state index contributed by atoms with van der Waals surface area (Å²) in [5.41, 5.74) is 1.24. The Kier molecular flexibility index (Phi) is 6.54. The van der Waals surface area contributed by atoms with E-state index in [4.69, 9.17) is 0 Å². The average Bonchev–Trinajstić information content (AvgIpc) is 3.34. The lowest BCUT2D eigenvalue weighted by Crippen LogP contribution is -2.47.